The Morgan fingerprint density at radius 3 is 2.50 bits per heavy atom. The molecule has 2 N–H and O–H groups in total. The van der Waals surface area contributed by atoms with Crippen LogP contribution in [0.4, 0.5) is 0 Å². The van der Waals surface area contributed by atoms with Crippen LogP contribution in [0.25, 0.3) is 0 Å². The number of rotatable bonds is 2. The Labute approximate surface area is 102 Å². The summed E-state index contributed by atoms with van der Waals surface area (Å²) in [4.78, 5) is 15.6. The van der Waals surface area contributed by atoms with Gasteiger partial charge in [0.05, 0.1) is 5.69 Å². The molecule has 0 saturated carbocycles. The van der Waals surface area contributed by atoms with Gasteiger partial charge in [-0.05, 0) is 32.9 Å². The Morgan fingerprint density at radius 2 is 2.06 bits per heavy atom. The van der Waals surface area contributed by atoms with Crippen molar-refractivity contribution in [1.82, 2.24) is 4.98 Å². The lowest BCUT2D eigenvalue weighted by Crippen LogP contribution is -2.31. The van der Waals surface area contributed by atoms with E-state index in [4.69, 9.17) is 10.5 Å². The first kappa shape index (κ1) is 14.9. The van der Waals surface area contributed by atoms with Gasteiger partial charge >= 0.3 is 5.97 Å². The zero-order valence-electron chi connectivity index (χ0n) is 9.64. The second kappa shape index (κ2) is 5.82. The summed E-state index contributed by atoms with van der Waals surface area (Å²) in [7, 11) is 0. The van der Waals surface area contributed by atoms with Gasteiger partial charge in [0.25, 0.3) is 0 Å². The largest absolute Gasteiger partial charge is 0.459 e. The summed E-state index contributed by atoms with van der Waals surface area (Å²) in [5.74, 6) is -0.457. The maximum absolute atomic E-state index is 11.6. The number of nitrogens with two attached hydrogens (primary N) is 1. The van der Waals surface area contributed by atoms with E-state index in [1.807, 2.05) is 0 Å². The van der Waals surface area contributed by atoms with Crippen molar-refractivity contribution < 1.29 is 9.53 Å². The second-order valence-corrected chi connectivity index (χ2v) is 4.27. The van der Waals surface area contributed by atoms with Crippen molar-refractivity contribution in [3.8, 4) is 0 Å². The minimum Gasteiger partial charge on any atom is -0.459 e. The van der Waals surface area contributed by atoms with Crippen LogP contribution in [0.1, 0.15) is 32.5 Å². The van der Waals surface area contributed by atoms with E-state index >= 15 is 0 Å². The van der Waals surface area contributed by atoms with Crippen molar-refractivity contribution >= 4 is 18.4 Å². The van der Waals surface area contributed by atoms with Gasteiger partial charge in [0.15, 0.2) is 0 Å². The summed E-state index contributed by atoms with van der Waals surface area (Å²) in [6, 6.07) is 4.44. The van der Waals surface area contributed by atoms with Gasteiger partial charge in [0.1, 0.15) is 11.6 Å². The van der Waals surface area contributed by atoms with Crippen molar-refractivity contribution in [3.05, 3.63) is 30.1 Å². The third kappa shape index (κ3) is 4.59. The lowest BCUT2D eigenvalue weighted by molar-refractivity contribution is -0.156. The molecule has 0 aliphatic carbocycles. The maximum atomic E-state index is 11.6. The highest BCUT2D eigenvalue weighted by molar-refractivity contribution is 5.85. The summed E-state index contributed by atoms with van der Waals surface area (Å²) in [5.41, 5.74) is 5.70. The molecule has 0 aliphatic heterocycles. The van der Waals surface area contributed by atoms with Gasteiger partial charge in [-0.2, -0.15) is 0 Å². The van der Waals surface area contributed by atoms with Crippen LogP contribution in [0.2, 0.25) is 0 Å². The van der Waals surface area contributed by atoms with Gasteiger partial charge in [0.2, 0.25) is 0 Å². The molecule has 1 aromatic rings. The van der Waals surface area contributed by atoms with Crippen molar-refractivity contribution in [2.24, 2.45) is 5.73 Å². The van der Waals surface area contributed by atoms with Crippen molar-refractivity contribution in [2.75, 3.05) is 0 Å². The molecule has 4 nitrogen and oxygen atoms in total. The number of hydrogen-bond acceptors (Lipinski definition) is 4. The van der Waals surface area contributed by atoms with Crippen LogP contribution in [0.3, 0.4) is 0 Å². The summed E-state index contributed by atoms with van der Waals surface area (Å²) >= 11 is 0. The number of halogens is 1. The molecule has 1 atom stereocenters. The highest BCUT2D eigenvalue weighted by Gasteiger charge is 2.23. The number of hydrogen-bond donors (Lipinski definition) is 1. The monoisotopic (exact) mass is 244 g/mol. The predicted octanol–water partition coefficient (Wildman–Crippen LogP) is 1.84. The van der Waals surface area contributed by atoms with E-state index in [1.54, 1.807) is 45.2 Å². The fourth-order valence-corrected chi connectivity index (χ4v) is 1.05. The zero-order valence-corrected chi connectivity index (χ0v) is 10.5. The van der Waals surface area contributed by atoms with E-state index < -0.39 is 17.6 Å². The zero-order chi connectivity index (χ0) is 11.5. The van der Waals surface area contributed by atoms with Gasteiger partial charge in [-0.1, -0.05) is 6.07 Å². The molecule has 16 heavy (non-hydrogen) atoms. The first-order chi connectivity index (χ1) is 6.90. The normalized spacial score (nSPS) is 12.5. The molecule has 0 spiro atoms. The number of carbonyl (C=O) groups is 1. The lowest BCUT2D eigenvalue weighted by atomic mass is 10.1. The molecule has 1 aromatic heterocycles. The first-order valence-electron chi connectivity index (χ1n) is 4.79. The van der Waals surface area contributed by atoms with E-state index in [9.17, 15) is 4.79 Å². The van der Waals surface area contributed by atoms with Crippen LogP contribution in [-0.4, -0.2) is 16.6 Å². The Morgan fingerprint density at radius 1 is 1.44 bits per heavy atom. The molecule has 0 amide bonds. The van der Waals surface area contributed by atoms with Gasteiger partial charge in [-0.3, -0.25) is 4.98 Å². The summed E-state index contributed by atoms with van der Waals surface area (Å²) < 4.78 is 5.15. The Balaban J connectivity index is 0.00000225. The third-order valence-electron chi connectivity index (χ3n) is 1.67. The van der Waals surface area contributed by atoms with Gasteiger partial charge in [0, 0.05) is 6.20 Å². The lowest BCUT2D eigenvalue weighted by Gasteiger charge is -2.21. The molecule has 0 aliphatic rings. The van der Waals surface area contributed by atoms with Crippen LogP contribution in [0, 0.1) is 0 Å². The highest BCUT2D eigenvalue weighted by atomic mass is 35.5. The molecular formula is C11H17ClN2O2. The average molecular weight is 245 g/mol. The van der Waals surface area contributed by atoms with Crippen molar-refractivity contribution in [2.45, 2.75) is 32.4 Å². The fraction of sp³-hybridized carbons (Fsp3) is 0.455. The fourth-order valence-electron chi connectivity index (χ4n) is 1.05. The maximum Gasteiger partial charge on any atom is 0.329 e. The molecule has 0 saturated heterocycles. The standard InChI is InChI=1S/C11H16N2O2.ClH/c1-11(2,3)15-10(14)9(12)8-6-4-5-7-13-8;/h4-7,9H,12H2,1-3H3;1H. The molecular weight excluding hydrogens is 228 g/mol. The van der Waals surface area contributed by atoms with Gasteiger partial charge < -0.3 is 10.5 Å². The number of aromatic nitrogens is 1. The van der Waals surface area contributed by atoms with Crippen LogP contribution in [0.15, 0.2) is 24.4 Å². The summed E-state index contributed by atoms with van der Waals surface area (Å²) in [5, 5.41) is 0. The number of ether oxygens (including phenoxy) is 1. The molecule has 0 bridgehead atoms. The van der Waals surface area contributed by atoms with E-state index in [1.165, 1.54) is 0 Å². The van der Waals surface area contributed by atoms with Crippen LogP contribution in [-0.2, 0) is 9.53 Å². The van der Waals surface area contributed by atoms with Gasteiger partial charge in [-0.25, -0.2) is 4.79 Å². The minimum atomic E-state index is -0.814. The van der Waals surface area contributed by atoms with Gasteiger partial charge in [-0.15, -0.1) is 12.4 Å². The second-order valence-electron chi connectivity index (χ2n) is 4.27. The minimum absolute atomic E-state index is 0. The van der Waals surface area contributed by atoms with Crippen molar-refractivity contribution in [3.63, 3.8) is 0 Å². The molecule has 90 valence electrons. The number of carbonyl (C=O) groups excluding carboxylic acids is 1. The quantitative estimate of drug-likeness (QED) is 0.807. The Bertz CT molecular complexity index is 336. The molecule has 1 rings (SSSR count). The topological polar surface area (TPSA) is 65.2 Å². The third-order valence-corrected chi connectivity index (χ3v) is 1.67. The van der Waals surface area contributed by atoms with E-state index in [0.717, 1.165) is 0 Å². The average Bonchev–Trinajstić information content (AvgIpc) is 2.15. The van der Waals surface area contributed by atoms with Crippen molar-refractivity contribution in [1.29, 1.82) is 0 Å². The number of nitrogens with zero attached hydrogens (tertiary/aromatic N) is 1. The Hall–Kier alpha value is -1.13. The number of esters is 1. The van der Waals surface area contributed by atoms with Crippen LogP contribution < -0.4 is 5.73 Å². The summed E-state index contributed by atoms with van der Waals surface area (Å²) in [6.45, 7) is 5.40. The van der Waals surface area contributed by atoms with E-state index in [0.29, 0.717) is 5.69 Å². The highest BCUT2D eigenvalue weighted by Crippen LogP contribution is 2.14. The Kier molecular flexibility index (Phi) is 5.41. The molecule has 1 unspecified atom stereocenters. The molecule has 0 fully saturated rings. The smallest absolute Gasteiger partial charge is 0.329 e. The van der Waals surface area contributed by atoms with E-state index in [2.05, 4.69) is 4.98 Å². The SMILES string of the molecule is CC(C)(C)OC(=O)C(N)c1ccccn1.Cl. The predicted molar refractivity (Wildman–Crippen MR) is 64.3 cm³/mol. The summed E-state index contributed by atoms with van der Waals surface area (Å²) in [6.07, 6.45) is 1.60. The molecule has 1 heterocycles. The van der Waals surface area contributed by atoms with Crippen LogP contribution in [0.5, 0.6) is 0 Å². The first-order valence-corrected chi connectivity index (χ1v) is 4.79. The van der Waals surface area contributed by atoms with Crippen LogP contribution >= 0.6 is 12.4 Å². The molecule has 0 aromatic carbocycles. The number of pyridine rings is 1. The molecule has 0 radical (unpaired) electrons. The molecule has 5 heteroatoms. The van der Waals surface area contributed by atoms with E-state index in [-0.39, 0.29) is 12.4 Å².